The van der Waals surface area contributed by atoms with Crippen molar-refractivity contribution in [2.45, 2.75) is 24.5 Å². The smallest absolute Gasteiger partial charge is 0.141 e. The van der Waals surface area contributed by atoms with Crippen LogP contribution in [0.1, 0.15) is 18.4 Å². The molecule has 0 bridgehead atoms. The lowest BCUT2D eigenvalue weighted by Gasteiger charge is -2.07. The van der Waals surface area contributed by atoms with Crippen molar-refractivity contribution in [2.24, 2.45) is 0 Å². The lowest BCUT2D eigenvalue weighted by Crippen LogP contribution is -2.04. The molecule has 0 atom stereocenters. The molecule has 0 saturated carbocycles. The fourth-order valence-electron chi connectivity index (χ4n) is 1.69. The van der Waals surface area contributed by atoms with Gasteiger partial charge in [0.25, 0.3) is 0 Å². The van der Waals surface area contributed by atoms with E-state index in [1.165, 1.54) is 0 Å². The summed E-state index contributed by atoms with van der Waals surface area (Å²) < 4.78 is 0. The number of phenols is 1. The maximum atomic E-state index is 9.41. The number of aromatic nitrogens is 2. The Bertz CT molecular complexity index is 560. The summed E-state index contributed by atoms with van der Waals surface area (Å²) >= 11 is 1.61. The summed E-state index contributed by atoms with van der Waals surface area (Å²) in [6.45, 7) is 4.85. The second-order valence-electron chi connectivity index (χ2n) is 4.13. The van der Waals surface area contributed by atoms with E-state index < -0.39 is 0 Å². The number of hydrogen-bond acceptors (Lipinski definition) is 5. The zero-order chi connectivity index (χ0) is 13.7. The summed E-state index contributed by atoms with van der Waals surface area (Å²) in [5, 5.41) is 12.6. The molecule has 0 radical (unpaired) electrons. The number of anilines is 1. The zero-order valence-corrected chi connectivity index (χ0v) is 11.9. The fraction of sp³-hybridized carbons (Fsp3) is 0.286. The molecule has 1 aromatic heterocycles. The lowest BCUT2D eigenvalue weighted by atomic mass is 10.3. The number of nitrogens with one attached hydrogen (secondary N) is 1. The summed E-state index contributed by atoms with van der Waals surface area (Å²) in [5.41, 5.74) is 0.956. The first-order valence-corrected chi connectivity index (χ1v) is 7.16. The van der Waals surface area contributed by atoms with Gasteiger partial charge in [-0.3, -0.25) is 0 Å². The topological polar surface area (TPSA) is 58.0 Å². The number of hydrogen-bond donors (Lipinski definition) is 2. The van der Waals surface area contributed by atoms with Crippen molar-refractivity contribution in [3.8, 4) is 5.75 Å². The van der Waals surface area contributed by atoms with Gasteiger partial charge in [0, 0.05) is 23.2 Å². The first-order valence-electron chi connectivity index (χ1n) is 6.17. The average molecular weight is 275 g/mol. The highest BCUT2D eigenvalue weighted by atomic mass is 32.2. The van der Waals surface area contributed by atoms with Crippen LogP contribution in [0.15, 0.2) is 35.2 Å². The van der Waals surface area contributed by atoms with Crippen molar-refractivity contribution < 1.29 is 5.11 Å². The number of rotatable bonds is 5. The van der Waals surface area contributed by atoms with E-state index in [-0.39, 0.29) is 5.75 Å². The van der Waals surface area contributed by atoms with Crippen LogP contribution in [0.25, 0.3) is 0 Å². The van der Waals surface area contributed by atoms with E-state index in [0.717, 1.165) is 28.8 Å². The van der Waals surface area contributed by atoms with Crippen molar-refractivity contribution in [2.75, 3.05) is 11.9 Å². The van der Waals surface area contributed by atoms with Gasteiger partial charge in [0.05, 0.1) is 5.75 Å². The molecule has 5 heteroatoms. The number of benzene rings is 1. The van der Waals surface area contributed by atoms with Crippen LogP contribution in [0.5, 0.6) is 5.75 Å². The van der Waals surface area contributed by atoms with Gasteiger partial charge < -0.3 is 10.4 Å². The molecule has 0 spiro atoms. The second-order valence-corrected chi connectivity index (χ2v) is 5.18. The van der Waals surface area contributed by atoms with E-state index in [9.17, 15) is 5.11 Å². The van der Waals surface area contributed by atoms with Gasteiger partial charge in [-0.05, 0) is 32.0 Å². The van der Waals surface area contributed by atoms with E-state index >= 15 is 0 Å². The van der Waals surface area contributed by atoms with E-state index in [0.29, 0.717) is 5.75 Å². The van der Waals surface area contributed by atoms with Crippen LogP contribution in [-0.2, 0) is 5.75 Å². The van der Waals surface area contributed by atoms with Crippen LogP contribution >= 0.6 is 11.8 Å². The van der Waals surface area contributed by atoms with Gasteiger partial charge in [-0.1, -0.05) is 6.07 Å². The standard InChI is InChI=1S/C14H17N3OS/c1-3-15-13-7-10(2)16-14(17-13)9-19-12-6-4-5-11(18)8-12/h4-8,18H,3,9H2,1-2H3,(H,15,16,17). The highest BCUT2D eigenvalue weighted by molar-refractivity contribution is 7.98. The Labute approximate surface area is 117 Å². The number of aryl methyl sites for hydroxylation is 1. The molecule has 0 aliphatic carbocycles. The molecule has 100 valence electrons. The quantitative estimate of drug-likeness (QED) is 0.821. The Kier molecular flexibility index (Phi) is 4.63. The SMILES string of the molecule is CCNc1cc(C)nc(CSc2cccc(O)c2)n1. The lowest BCUT2D eigenvalue weighted by molar-refractivity contribution is 0.474. The van der Waals surface area contributed by atoms with Crippen molar-refractivity contribution in [1.82, 2.24) is 9.97 Å². The highest BCUT2D eigenvalue weighted by Gasteiger charge is 2.03. The average Bonchev–Trinajstić information content (AvgIpc) is 2.36. The minimum absolute atomic E-state index is 0.281. The largest absolute Gasteiger partial charge is 0.508 e. The maximum Gasteiger partial charge on any atom is 0.141 e. The molecule has 2 rings (SSSR count). The van der Waals surface area contributed by atoms with Crippen molar-refractivity contribution >= 4 is 17.6 Å². The second kappa shape index (κ2) is 6.43. The first kappa shape index (κ1) is 13.7. The number of aromatic hydroxyl groups is 1. The van der Waals surface area contributed by atoms with E-state index in [4.69, 9.17) is 0 Å². The molecular formula is C14H17N3OS. The summed E-state index contributed by atoms with van der Waals surface area (Å²) in [5.74, 6) is 2.62. The van der Waals surface area contributed by atoms with Gasteiger partial charge in [0.2, 0.25) is 0 Å². The monoisotopic (exact) mass is 275 g/mol. The summed E-state index contributed by atoms with van der Waals surface area (Å²) in [6, 6.07) is 9.14. The molecule has 1 heterocycles. The Morgan fingerprint density at radius 1 is 1.26 bits per heavy atom. The number of thioether (sulfide) groups is 1. The summed E-state index contributed by atoms with van der Waals surface area (Å²) in [7, 11) is 0. The molecule has 0 saturated heterocycles. The van der Waals surface area contributed by atoms with E-state index in [1.54, 1.807) is 23.9 Å². The summed E-state index contributed by atoms with van der Waals surface area (Å²) in [4.78, 5) is 9.88. The maximum absolute atomic E-state index is 9.41. The van der Waals surface area contributed by atoms with E-state index in [1.807, 2.05) is 32.0 Å². The van der Waals surface area contributed by atoms with Gasteiger partial charge >= 0.3 is 0 Å². The van der Waals surface area contributed by atoms with Crippen LogP contribution < -0.4 is 5.32 Å². The van der Waals surface area contributed by atoms with Gasteiger partial charge in [0.1, 0.15) is 17.4 Å². The van der Waals surface area contributed by atoms with Crippen LogP contribution in [0.3, 0.4) is 0 Å². The Morgan fingerprint density at radius 3 is 2.84 bits per heavy atom. The third kappa shape index (κ3) is 4.13. The zero-order valence-electron chi connectivity index (χ0n) is 11.1. The van der Waals surface area contributed by atoms with Crippen LogP contribution in [0, 0.1) is 6.92 Å². The summed E-state index contributed by atoms with van der Waals surface area (Å²) in [6.07, 6.45) is 0. The van der Waals surface area contributed by atoms with Gasteiger partial charge in [0.15, 0.2) is 0 Å². The van der Waals surface area contributed by atoms with Gasteiger partial charge in [-0.2, -0.15) is 0 Å². The minimum Gasteiger partial charge on any atom is -0.508 e. The molecule has 19 heavy (non-hydrogen) atoms. The van der Waals surface area contributed by atoms with Crippen molar-refractivity contribution in [1.29, 1.82) is 0 Å². The molecule has 0 amide bonds. The molecule has 0 fully saturated rings. The number of phenolic OH excluding ortho intramolecular Hbond substituents is 1. The number of nitrogens with zero attached hydrogens (tertiary/aromatic N) is 2. The van der Waals surface area contributed by atoms with Gasteiger partial charge in [-0.15, -0.1) is 11.8 Å². The van der Waals surface area contributed by atoms with Crippen LogP contribution in [0.4, 0.5) is 5.82 Å². The Hall–Kier alpha value is -1.75. The molecule has 1 aromatic carbocycles. The van der Waals surface area contributed by atoms with E-state index in [2.05, 4.69) is 15.3 Å². The predicted molar refractivity (Wildman–Crippen MR) is 78.6 cm³/mol. The molecule has 0 aliphatic rings. The third-order valence-electron chi connectivity index (χ3n) is 2.44. The predicted octanol–water partition coefficient (Wildman–Crippen LogP) is 3.21. The molecule has 0 aliphatic heterocycles. The first-order chi connectivity index (χ1) is 9.17. The molecule has 0 unspecified atom stereocenters. The molecule has 2 aromatic rings. The minimum atomic E-state index is 0.281. The van der Waals surface area contributed by atoms with Crippen molar-refractivity contribution in [3.05, 3.63) is 41.9 Å². The van der Waals surface area contributed by atoms with Crippen LogP contribution in [-0.4, -0.2) is 21.6 Å². The van der Waals surface area contributed by atoms with Crippen molar-refractivity contribution in [3.63, 3.8) is 0 Å². The highest BCUT2D eigenvalue weighted by Crippen LogP contribution is 2.24. The molecular weight excluding hydrogens is 258 g/mol. The van der Waals surface area contributed by atoms with Crippen LogP contribution in [0.2, 0.25) is 0 Å². The molecule has 2 N–H and O–H groups in total. The fourth-order valence-corrected chi connectivity index (χ4v) is 2.49. The molecule has 4 nitrogen and oxygen atoms in total. The third-order valence-corrected chi connectivity index (χ3v) is 3.43. The normalized spacial score (nSPS) is 10.4. The van der Waals surface area contributed by atoms with Gasteiger partial charge in [-0.25, -0.2) is 9.97 Å². The Morgan fingerprint density at radius 2 is 2.11 bits per heavy atom. The Balaban J connectivity index is 2.06.